The van der Waals surface area contributed by atoms with Crippen molar-refractivity contribution in [3.05, 3.63) is 35.4 Å². The second-order valence-corrected chi connectivity index (χ2v) is 6.71. The third kappa shape index (κ3) is 6.95. The maximum absolute atomic E-state index is 12.8. The number of esters is 1. The maximum Gasteiger partial charge on any atom is 0.416 e. The maximum atomic E-state index is 12.8. The summed E-state index contributed by atoms with van der Waals surface area (Å²) in [5.74, 6) is -1.16. The van der Waals surface area contributed by atoms with Gasteiger partial charge >= 0.3 is 18.2 Å². The first-order valence-corrected chi connectivity index (χ1v) is 9.34. The zero-order valence-electron chi connectivity index (χ0n) is 16.1. The largest absolute Gasteiger partial charge is 0.465 e. The number of ether oxygens (including phenoxy) is 1. The van der Waals surface area contributed by atoms with Crippen LogP contribution in [0.25, 0.3) is 0 Å². The molecular weight excluding hydrogens is 391 g/mol. The van der Waals surface area contributed by atoms with E-state index in [0.29, 0.717) is 13.1 Å². The van der Waals surface area contributed by atoms with Crippen molar-refractivity contribution in [2.45, 2.75) is 25.9 Å². The first-order valence-electron chi connectivity index (χ1n) is 9.34. The highest BCUT2D eigenvalue weighted by atomic mass is 19.4. The van der Waals surface area contributed by atoms with Crippen LogP contribution in [0.5, 0.6) is 0 Å². The quantitative estimate of drug-likeness (QED) is 0.699. The second-order valence-electron chi connectivity index (χ2n) is 6.71. The Morgan fingerprint density at radius 3 is 2.69 bits per heavy atom. The van der Waals surface area contributed by atoms with Crippen LogP contribution in [0.1, 0.15) is 35.7 Å². The Morgan fingerprint density at radius 2 is 2.00 bits per heavy atom. The van der Waals surface area contributed by atoms with E-state index in [0.717, 1.165) is 25.0 Å². The molecule has 2 N–H and O–H groups in total. The van der Waals surface area contributed by atoms with Crippen LogP contribution in [0.4, 0.5) is 18.0 Å². The molecule has 0 unspecified atom stereocenters. The summed E-state index contributed by atoms with van der Waals surface area (Å²) >= 11 is 0. The molecule has 1 fully saturated rings. The Balaban J connectivity index is 1.84. The molecule has 10 heteroatoms. The van der Waals surface area contributed by atoms with Gasteiger partial charge in [-0.25, -0.2) is 4.79 Å². The fourth-order valence-corrected chi connectivity index (χ4v) is 3.06. The van der Waals surface area contributed by atoms with Crippen molar-refractivity contribution in [3.63, 3.8) is 0 Å². The molecule has 1 atom stereocenters. The normalized spacial score (nSPS) is 16.8. The predicted octanol–water partition coefficient (Wildman–Crippen LogP) is 2.42. The standard InChI is InChI=1S/C19H24F3N3O4/c1-2-29-16(26)11-24-18(28)25-8-4-5-13(12-25)10-23-17(27)14-6-3-7-15(9-14)19(20,21)22/h3,6-7,9,13H,2,4-5,8,10-12H2,1H3,(H,23,27)(H,24,28)/t13-/m1/s1. The van der Waals surface area contributed by atoms with Crippen molar-refractivity contribution >= 4 is 17.9 Å². The number of nitrogens with one attached hydrogen (secondary N) is 2. The zero-order chi connectivity index (χ0) is 21.4. The lowest BCUT2D eigenvalue weighted by Crippen LogP contribution is -2.48. The van der Waals surface area contributed by atoms with Crippen LogP contribution in [0.15, 0.2) is 24.3 Å². The lowest BCUT2D eigenvalue weighted by Gasteiger charge is -2.32. The van der Waals surface area contributed by atoms with Crippen molar-refractivity contribution in [1.82, 2.24) is 15.5 Å². The molecule has 7 nitrogen and oxygen atoms in total. The van der Waals surface area contributed by atoms with E-state index >= 15 is 0 Å². The number of amides is 3. The molecule has 29 heavy (non-hydrogen) atoms. The number of benzene rings is 1. The van der Waals surface area contributed by atoms with Crippen LogP contribution in [0, 0.1) is 5.92 Å². The number of rotatable bonds is 6. The molecule has 0 aromatic heterocycles. The van der Waals surface area contributed by atoms with Gasteiger partial charge in [-0.1, -0.05) is 6.07 Å². The van der Waals surface area contributed by atoms with Gasteiger partial charge < -0.3 is 20.3 Å². The molecule has 0 saturated carbocycles. The lowest BCUT2D eigenvalue weighted by molar-refractivity contribution is -0.142. The number of alkyl halides is 3. The molecule has 0 bridgehead atoms. The summed E-state index contributed by atoms with van der Waals surface area (Å²) in [6.07, 6.45) is -3.03. The highest BCUT2D eigenvalue weighted by molar-refractivity contribution is 5.94. The van der Waals surface area contributed by atoms with E-state index in [1.54, 1.807) is 11.8 Å². The van der Waals surface area contributed by atoms with Crippen LogP contribution in [-0.2, 0) is 15.7 Å². The van der Waals surface area contributed by atoms with E-state index in [2.05, 4.69) is 10.6 Å². The predicted molar refractivity (Wildman–Crippen MR) is 98.1 cm³/mol. The minimum absolute atomic E-state index is 0.0353. The minimum atomic E-state index is -4.52. The summed E-state index contributed by atoms with van der Waals surface area (Å²) < 4.78 is 43.1. The molecule has 1 heterocycles. The van der Waals surface area contributed by atoms with E-state index < -0.39 is 29.6 Å². The molecular formula is C19H24F3N3O4. The molecule has 160 valence electrons. The fourth-order valence-electron chi connectivity index (χ4n) is 3.06. The number of nitrogens with zero attached hydrogens (tertiary/aromatic N) is 1. The number of hydrogen-bond donors (Lipinski definition) is 2. The van der Waals surface area contributed by atoms with Crippen LogP contribution in [0.2, 0.25) is 0 Å². The van der Waals surface area contributed by atoms with Crippen molar-refractivity contribution in [1.29, 1.82) is 0 Å². The summed E-state index contributed by atoms with van der Waals surface area (Å²) in [6.45, 7) is 2.80. The number of likely N-dealkylation sites (tertiary alicyclic amines) is 1. The average Bonchev–Trinajstić information content (AvgIpc) is 2.70. The lowest BCUT2D eigenvalue weighted by atomic mass is 9.98. The SMILES string of the molecule is CCOC(=O)CNC(=O)N1CCC[C@H](CNC(=O)c2cccc(C(F)(F)F)c2)C1. The van der Waals surface area contributed by atoms with Crippen LogP contribution >= 0.6 is 0 Å². The molecule has 1 aliphatic rings. The molecule has 3 amide bonds. The minimum Gasteiger partial charge on any atom is -0.465 e. The van der Waals surface area contributed by atoms with Gasteiger partial charge in [0, 0.05) is 25.2 Å². The number of carbonyl (C=O) groups is 3. The smallest absolute Gasteiger partial charge is 0.416 e. The third-order valence-electron chi connectivity index (χ3n) is 4.50. The number of piperidine rings is 1. The monoisotopic (exact) mass is 415 g/mol. The van der Waals surface area contributed by atoms with Crippen molar-refractivity contribution < 1.29 is 32.3 Å². The van der Waals surface area contributed by atoms with Gasteiger partial charge in [-0.2, -0.15) is 13.2 Å². The van der Waals surface area contributed by atoms with Crippen LogP contribution < -0.4 is 10.6 Å². The number of hydrogen-bond acceptors (Lipinski definition) is 4. The number of carbonyl (C=O) groups excluding carboxylic acids is 3. The van der Waals surface area contributed by atoms with Gasteiger partial charge in [-0.3, -0.25) is 9.59 Å². The fraction of sp³-hybridized carbons (Fsp3) is 0.526. The molecule has 1 aromatic carbocycles. The Morgan fingerprint density at radius 1 is 1.24 bits per heavy atom. The van der Waals surface area contributed by atoms with Crippen molar-refractivity contribution in [3.8, 4) is 0 Å². The Bertz CT molecular complexity index is 740. The summed E-state index contributed by atoms with van der Waals surface area (Å²) in [5, 5.41) is 5.12. The first-order chi connectivity index (χ1) is 13.7. The Kier molecular flexibility index (Phi) is 7.86. The Labute approximate surface area is 166 Å². The van der Waals surface area contributed by atoms with E-state index in [1.807, 2.05) is 0 Å². The van der Waals surface area contributed by atoms with Gasteiger partial charge in [0.1, 0.15) is 6.54 Å². The van der Waals surface area contributed by atoms with Crippen molar-refractivity contribution in [2.75, 3.05) is 32.8 Å². The molecule has 1 saturated heterocycles. The third-order valence-corrected chi connectivity index (χ3v) is 4.50. The number of halogens is 3. The van der Waals surface area contributed by atoms with Crippen LogP contribution in [-0.4, -0.2) is 55.6 Å². The van der Waals surface area contributed by atoms with E-state index in [-0.39, 0.29) is 31.2 Å². The Hall–Kier alpha value is -2.78. The van der Waals surface area contributed by atoms with Gasteiger partial charge in [-0.05, 0) is 43.9 Å². The molecule has 0 spiro atoms. The zero-order valence-corrected chi connectivity index (χ0v) is 16.1. The summed E-state index contributed by atoms with van der Waals surface area (Å²) in [6, 6.07) is 3.83. The van der Waals surface area contributed by atoms with E-state index in [1.165, 1.54) is 12.1 Å². The topological polar surface area (TPSA) is 87.7 Å². The molecule has 2 rings (SSSR count). The van der Waals surface area contributed by atoms with Gasteiger partial charge in [0.05, 0.1) is 12.2 Å². The summed E-state index contributed by atoms with van der Waals surface area (Å²) in [5.41, 5.74) is -0.952. The second kappa shape index (κ2) is 10.1. The molecule has 1 aromatic rings. The summed E-state index contributed by atoms with van der Waals surface area (Å²) in [4.78, 5) is 37.2. The van der Waals surface area contributed by atoms with Gasteiger partial charge in [-0.15, -0.1) is 0 Å². The number of urea groups is 1. The van der Waals surface area contributed by atoms with Gasteiger partial charge in [0.25, 0.3) is 5.91 Å². The molecule has 0 radical (unpaired) electrons. The summed E-state index contributed by atoms with van der Waals surface area (Å²) in [7, 11) is 0. The molecule has 1 aliphatic heterocycles. The highest BCUT2D eigenvalue weighted by Crippen LogP contribution is 2.29. The van der Waals surface area contributed by atoms with Crippen molar-refractivity contribution in [2.24, 2.45) is 5.92 Å². The van der Waals surface area contributed by atoms with Crippen LogP contribution in [0.3, 0.4) is 0 Å². The van der Waals surface area contributed by atoms with E-state index in [4.69, 9.17) is 4.74 Å². The highest BCUT2D eigenvalue weighted by Gasteiger charge is 2.31. The first kappa shape index (κ1) is 22.5. The van der Waals surface area contributed by atoms with E-state index in [9.17, 15) is 27.6 Å². The van der Waals surface area contributed by atoms with Gasteiger partial charge in [0.2, 0.25) is 0 Å². The van der Waals surface area contributed by atoms with Gasteiger partial charge in [0.15, 0.2) is 0 Å². The molecule has 0 aliphatic carbocycles. The average molecular weight is 415 g/mol.